The van der Waals surface area contributed by atoms with E-state index in [-0.39, 0.29) is 29.6 Å². The first kappa shape index (κ1) is 23.2. The predicted molar refractivity (Wildman–Crippen MR) is 113 cm³/mol. The lowest BCUT2D eigenvalue weighted by molar-refractivity contribution is -0.150. The molecule has 0 radical (unpaired) electrons. The molecule has 2 fully saturated rings. The lowest BCUT2D eigenvalue weighted by Crippen LogP contribution is -2.57. The topological polar surface area (TPSA) is 113 Å². The molecule has 2 aliphatic heterocycles. The van der Waals surface area contributed by atoms with E-state index >= 15 is 0 Å². The highest BCUT2D eigenvalue weighted by Crippen LogP contribution is 2.21. The van der Waals surface area contributed by atoms with Crippen molar-refractivity contribution in [2.24, 2.45) is 0 Å². The molecular weight excluding hydrogens is 422 g/mol. The number of sulfonamides is 1. The Bertz CT molecular complexity index is 910. The molecule has 31 heavy (non-hydrogen) atoms. The molecule has 2 amide bonds. The fourth-order valence-corrected chi connectivity index (χ4v) is 5.45. The number of methoxy groups -OCH3 is 1. The van der Waals surface area contributed by atoms with Crippen molar-refractivity contribution in [2.75, 3.05) is 33.3 Å². The van der Waals surface area contributed by atoms with Crippen LogP contribution in [-0.4, -0.2) is 74.7 Å². The van der Waals surface area contributed by atoms with E-state index in [1.807, 2.05) is 0 Å². The maximum absolute atomic E-state index is 12.7. The van der Waals surface area contributed by atoms with Crippen LogP contribution in [0.5, 0.6) is 0 Å². The minimum absolute atomic E-state index is 0.156. The molecule has 1 aromatic carbocycles. The minimum Gasteiger partial charge on any atom is -0.469 e. The number of rotatable bonds is 7. The average molecular weight is 452 g/mol. The second-order valence-electron chi connectivity index (χ2n) is 7.78. The lowest BCUT2D eigenvalue weighted by Gasteiger charge is -2.34. The van der Waals surface area contributed by atoms with Crippen LogP contribution in [0.1, 0.15) is 37.7 Å². The van der Waals surface area contributed by atoms with E-state index in [9.17, 15) is 22.8 Å². The Labute approximate surface area is 182 Å². The number of hydrogen-bond acceptors (Lipinski definition) is 6. The number of esters is 1. The van der Waals surface area contributed by atoms with E-state index in [1.165, 1.54) is 16.3 Å². The first-order valence-electron chi connectivity index (χ1n) is 10.6. The third-order valence-electron chi connectivity index (χ3n) is 5.74. The highest BCUT2D eigenvalue weighted by atomic mass is 32.2. The number of benzene rings is 1. The lowest BCUT2D eigenvalue weighted by atomic mass is 10.1. The van der Waals surface area contributed by atoms with Crippen LogP contribution >= 0.6 is 0 Å². The number of piperidine rings is 1. The Morgan fingerprint density at radius 2 is 1.77 bits per heavy atom. The molecule has 2 heterocycles. The zero-order chi connectivity index (χ0) is 22.4. The average Bonchev–Trinajstić information content (AvgIpc) is 2.79. The zero-order valence-electron chi connectivity index (χ0n) is 17.7. The van der Waals surface area contributed by atoms with Gasteiger partial charge in [-0.15, -0.1) is 0 Å². The van der Waals surface area contributed by atoms with Gasteiger partial charge in [0.25, 0.3) is 0 Å². The van der Waals surface area contributed by atoms with Gasteiger partial charge in [-0.3, -0.25) is 14.4 Å². The maximum Gasteiger partial charge on any atom is 0.308 e. The van der Waals surface area contributed by atoms with Gasteiger partial charge in [-0.2, -0.15) is 4.31 Å². The quantitative estimate of drug-likeness (QED) is 0.610. The van der Waals surface area contributed by atoms with Crippen LogP contribution in [0.25, 0.3) is 0 Å². The summed E-state index contributed by atoms with van der Waals surface area (Å²) in [5, 5.41) is 2.67. The molecule has 1 unspecified atom stereocenters. The molecule has 0 bridgehead atoms. The number of ether oxygens (including phenoxy) is 1. The summed E-state index contributed by atoms with van der Waals surface area (Å²) in [4.78, 5) is 38.1. The van der Waals surface area contributed by atoms with Crippen LogP contribution < -0.4 is 5.32 Å². The van der Waals surface area contributed by atoms with Crippen molar-refractivity contribution in [3.8, 4) is 0 Å². The third-order valence-corrected chi connectivity index (χ3v) is 7.66. The molecule has 2 saturated heterocycles. The van der Waals surface area contributed by atoms with Crippen LogP contribution in [0, 0.1) is 0 Å². The largest absolute Gasteiger partial charge is 0.469 e. The van der Waals surface area contributed by atoms with Crippen molar-refractivity contribution in [1.29, 1.82) is 0 Å². The van der Waals surface area contributed by atoms with Gasteiger partial charge in [0.1, 0.15) is 6.04 Å². The SMILES string of the molecule is COC(=O)CC1C(=O)NCCN1C(=O)CCc1ccc(S(=O)(=O)N2CCCCC2)cc1. The van der Waals surface area contributed by atoms with E-state index in [0.717, 1.165) is 24.8 Å². The van der Waals surface area contributed by atoms with Crippen molar-refractivity contribution in [3.05, 3.63) is 29.8 Å². The van der Waals surface area contributed by atoms with Crippen LogP contribution in [0.15, 0.2) is 29.2 Å². The van der Waals surface area contributed by atoms with E-state index in [1.54, 1.807) is 24.3 Å². The Morgan fingerprint density at radius 3 is 2.42 bits per heavy atom. The zero-order valence-corrected chi connectivity index (χ0v) is 18.5. The number of carbonyl (C=O) groups is 3. The molecule has 0 aromatic heterocycles. The number of aryl methyl sites for hydroxylation is 1. The van der Waals surface area contributed by atoms with Crippen molar-refractivity contribution < 1.29 is 27.5 Å². The van der Waals surface area contributed by atoms with Crippen LogP contribution in [0.3, 0.4) is 0 Å². The van der Waals surface area contributed by atoms with Gasteiger partial charge < -0.3 is 15.0 Å². The van der Waals surface area contributed by atoms with E-state index in [4.69, 9.17) is 0 Å². The van der Waals surface area contributed by atoms with E-state index in [0.29, 0.717) is 32.6 Å². The van der Waals surface area contributed by atoms with Gasteiger partial charge in [0.2, 0.25) is 21.8 Å². The molecule has 1 aromatic rings. The Kier molecular flexibility index (Phi) is 7.66. The molecule has 1 N–H and O–H groups in total. The number of nitrogens with one attached hydrogen (secondary N) is 1. The smallest absolute Gasteiger partial charge is 0.308 e. The molecule has 2 aliphatic rings. The Balaban J connectivity index is 1.60. The van der Waals surface area contributed by atoms with Gasteiger partial charge in [-0.05, 0) is 37.0 Å². The number of nitrogens with zero attached hydrogens (tertiary/aromatic N) is 2. The highest BCUT2D eigenvalue weighted by molar-refractivity contribution is 7.89. The van der Waals surface area contributed by atoms with Crippen molar-refractivity contribution in [2.45, 2.75) is 49.5 Å². The summed E-state index contributed by atoms with van der Waals surface area (Å²) in [6, 6.07) is 5.74. The van der Waals surface area contributed by atoms with Gasteiger partial charge in [-0.25, -0.2) is 8.42 Å². The Hall–Kier alpha value is -2.46. The first-order chi connectivity index (χ1) is 14.8. The van der Waals surface area contributed by atoms with Gasteiger partial charge in [0.15, 0.2) is 0 Å². The molecule has 170 valence electrons. The van der Waals surface area contributed by atoms with Crippen LogP contribution in [-0.2, 0) is 35.6 Å². The van der Waals surface area contributed by atoms with E-state index < -0.39 is 22.0 Å². The number of amides is 2. The second kappa shape index (κ2) is 10.2. The minimum atomic E-state index is -3.48. The third kappa shape index (κ3) is 5.62. The van der Waals surface area contributed by atoms with Crippen molar-refractivity contribution >= 4 is 27.8 Å². The number of hydrogen-bond donors (Lipinski definition) is 1. The van der Waals surface area contributed by atoms with Gasteiger partial charge in [0, 0.05) is 32.6 Å². The monoisotopic (exact) mass is 451 g/mol. The standard InChI is InChI=1S/C21H29N3O6S/c1-30-20(26)15-18-21(27)22-11-14-24(18)19(25)10-7-16-5-8-17(9-6-16)31(28,29)23-12-3-2-4-13-23/h5-6,8-9,18H,2-4,7,10-15H2,1H3,(H,22,27). The molecule has 3 rings (SSSR count). The molecule has 0 saturated carbocycles. The van der Waals surface area contributed by atoms with Crippen molar-refractivity contribution in [3.63, 3.8) is 0 Å². The summed E-state index contributed by atoms with van der Waals surface area (Å²) in [5.41, 5.74) is 0.830. The molecule has 9 nitrogen and oxygen atoms in total. The molecule has 0 spiro atoms. The molecule has 1 atom stereocenters. The van der Waals surface area contributed by atoms with Crippen molar-refractivity contribution in [1.82, 2.24) is 14.5 Å². The summed E-state index contributed by atoms with van der Waals surface area (Å²) in [5.74, 6) is -1.14. The van der Waals surface area contributed by atoms with Crippen LogP contribution in [0.2, 0.25) is 0 Å². The predicted octanol–water partition coefficient (Wildman–Crippen LogP) is 0.684. The summed E-state index contributed by atoms with van der Waals surface area (Å²) in [6.45, 7) is 1.77. The molecule has 10 heteroatoms. The number of piperazine rings is 1. The summed E-state index contributed by atoms with van der Waals surface area (Å²) in [7, 11) is -2.24. The number of carbonyl (C=O) groups excluding carboxylic acids is 3. The fraction of sp³-hybridized carbons (Fsp3) is 0.571. The molecule has 0 aliphatic carbocycles. The summed E-state index contributed by atoms with van der Waals surface area (Å²) >= 11 is 0. The van der Waals surface area contributed by atoms with E-state index in [2.05, 4.69) is 10.1 Å². The Morgan fingerprint density at radius 1 is 1.10 bits per heavy atom. The second-order valence-corrected chi connectivity index (χ2v) is 9.72. The molecular formula is C21H29N3O6S. The summed E-state index contributed by atoms with van der Waals surface area (Å²) < 4.78 is 31.6. The highest BCUT2D eigenvalue weighted by Gasteiger charge is 2.34. The van der Waals surface area contributed by atoms with Crippen LogP contribution in [0.4, 0.5) is 0 Å². The van der Waals surface area contributed by atoms with Gasteiger partial charge >= 0.3 is 5.97 Å². The maximum atomic E-state index is 12.7. The normalized spacial score (nSPS) is 20.2. The first-order valence-corrected chi connectivity index (χ1v) is 12.0. The fourth-order valence-electron chi connectivity index (χ4n) is 3.93. The van der Waals surface area contributed by atoms with Gasteiger partial charge in [0.05, 0.1) is 18.4 Å². The van der Waals surface area contributed by atoms with Gasteiger partial charge in [-0.1, -0.05) is 18.6 Å². The summed E-state index contributed by atoms with van der Waals surface area (Å²) in [6.07, 6.45) is 3.19.